The molecule has 1 N–H and O–H groups in total. The van der Waals surface area contributed by atoms with E-state index < -0.39 is 0 Å². The number of rotatable bonds is 2. The molecule has 4 heteroatoms. The van der Waals surface area contributed by atoms with E-state index in [1.165, 1.54) is 4.88 Å². The highest BCUT2D eigenvalue weighted by molar-refractivity contribution is 7.10. The smallest absolute Gasteiger partial charge is 0.226 e. The molecule has 0 spiro atoms. The average Bonchev–Trinajstić information content (AvgIpc) is 2.95. The molecule has 16 heavy (non-hydrogen) atoms. The molecule has 0 bridgehead atoms. The number of hydrogen-bond donors (Lipinski definition) is 1. The molecule has 3 nitrogen and oxygen atoms in total. The number of thiophene rings is 1. The molecular formula is C12H16N2OS. The van der Waals surface area contributed by atoms with Crippen molar-refractivity contribution in [1.29, 1.82) is 0 Å². The summed E-state index contributed by atoms with van der Waals surface area (Å²) in [4.78, 5) is 15.6. The number of carbonyl (C=O) groups is 1. The first kappa shape index (κ1) is 10.3. The summed E-state index contributed by atoms with van der Waals surface area (Å²) in [6, 6.07) is 4.23. The standard InChI is InChI=1S/C12H16N2OS/c15-12(14-5-3-13-4-6-14)10-8-9(10)11-2-1-7-16-11/h1-2,7,9-10,13H,3-6,8H2. The largest absolute Gasteiger partial charge is 0.340 e. The molecule has 1 aliphatic heterocycles. The molecule has 1 aromatic heterocycles. The van der Waals surface area contributed by atoms with Crippen molar-refractivity contribution in [3.8, 4) is 0 Å². The Labute approximate surface area is 99.5 Å². The lowest BCUT2D eigenvalue weighted by Gasteiger charge is -2.27. The minimum atomic E-state index is 0.275. The summed E-state index contributed by atoms with van der Waals surface area (Å²) in [5, 5.41) is 5.37. The molecule has 3 rings (SSSR count). The predicted octanol–water partition coefficient (Wildman–Crippen LogP) is 1.28. The number of amides is 1. The van der Waals surface area contributed by atoms with E-state index in [1.54, 1.807) is 11.3 Å². The fourth-order valence-electron chi connectivity index (χ4n) is 2.40. The number of piperazine rings is 1. The first-order chi connectivity index (χ1) is 7.86. The molecular weight excluding hydrogens is 220 g/mol. The van der Waals surface area contributed by atoms with E-state index >= 15 is 0 Å². The van der Waals surface area contributed by atoms with Gasteiger partial charge in [-0.3, -0.25) is 4.79 Å². The fraction of sp³-hybridized carbons (Fsp3) is 0.583. The molecule has 1 saturated heterocycles. The van der Waals surface area contributed by atoms with Gasteiger partial charge in [0, 0.05) is 42.9 Å². The fourth-order valence-corrected chi connectivity index (χ4v) is 3.31. The van der Waals surface area contributed by atoms with Crippen molar-refractivity contribution in [2.75, 3.05) is 26.2 Å². The highest BCUT2D eigenvalue weighted by atomic mass is 32.1. The third-order valence-corrected chi connectivity index (χ3v) is 4.45. The van der Waals surface area contributed by atoms with Crippen LogP contribution in [0.1, 0.15) is 17.2 Å². The van der Waals surface area contributed by atoms with Crippen LogP contribution < -0.4 is 5.32 Å². The van der Waals surface area contributed by atoms with Gasteiger partial charge in [0.05, 0.1) is 0 Å². The summed E-state index contributed by atoms with van der Waals surface area (Å²) in [7, 11) is 0. The number of carbonyl (C=O) groups excluding carboxylic acids is 1. The van der Waals surface area contributed by atoms with Gasteiger partial charge in [-0.05, 0) is 17.9 Å². The number of nitrogens with one attached hydrogen (secondary N) is 1. The van der Waals surface area contributed by atoms with Crippen LogP contribution >= 0.6 is 11.3 Å². The van der Waals surface area contributed by atoms with Crippen molar-refractivity contribution < 1.29 is 4.79 Å². The van der Waals surface area contributed by atoms with Gasteiger partial charge in [-0.15, -0.1) is 11.3 Å². The lowest BCUT2D eigenvalue weighted by Crippen LogP contribution is -2.47. The molecule has 2 atom stereocenters. The average molecular weight is 236 g/mol. The Morgan fingerprint density at radius 2 is 2.25 bits per heavy atom. The summed E-state index contributed by atoms with van der Waals surface area (Å²) in [5.74, 6) is 1.17. The normalized spacial score (nSPS) is 29.1. The zero-order valence-corrected chi connectivity index (χ0v) is 10.0. The maximum atomic E-state index is 12.2. The van der Waals surface area contributed by atoms with Gasteiger partial charge in [-0.25, -0.2) is 0 Å². The van der Waals surface area contributed by atoms with E-state index in [2.05, 4.69) is 22.8 Å². The van der Waals surface area contributed by atoms with Crippen LogP contribution in [0.15, 0.2) is 17.5 Å². The van der Waals surface area contributed by atoms with Crippen LogP contribution in [0.2, 0.25) is 0 Å². The molecule has 1 aliphatic carbocycles. The van der Waals surface area contributed by atoms with Gasteiger partial charge in [0.25, 0.3) is 0 Å². The van der Waals surface area contributed by atoms with Gasteiger partial charge < -0.3 is 10.2 Å². The van der Waals surface area contributed by atoms with E-state index in [0.29, 0.717) is 11.8 Å². The summed E-state index contributed by atoms with van der Waals surface area (Å²) >= 11 is 1.78. The Kier molecular flexibility index (Phi) is 2.69. The highest BCUT2D eigenvalue weighted by Crippen LogP contribution is 2.49. The van der Waals surface area contributed by atoms with Crippen LogP contribution in [0.5, 0.6) is 0 Å². The maximum absolute atomic E-state index is 12.2. The summed E-state index contributed by atoms with van der Waals surface area (Å²) in [6.07, 6.45) is 1.06. The molecule has 0 aromatic carbocycles. The second-order valence-corrected chi connectivity index (χ2v) is 5.52. The summed E-state index contributed by atoms with van der Waals surface area (Å²) < 4.78 is 0. The molecule has 2 fully saturated rings. The van der Waals surface area contributed by atoms with Gasteiger partial charge in [0.2, 0.25) is 5.91 Å². The first-order valence-corrected chi connectivity index (χ1v) is 6.77. The van der Waals surface area contributed by atoms with Gasteiger partial charge in [0.15, 0.2) is 0 Å². The molecule has 2 unspecified atom stereocenters. The van der Waals surface area contributed by atoms with Crippen LogP contribution in [0, 0.1) is 5.92 Å². The van der Waals surface area contributed by atoms with E-state index in [-0.39, 0.29) is 5.92 Å². The first-order valence-electron chi connectivity index (χ1n) is 5.89. The monoisotopic (exact) mass is 236 g/mol. The van der Waals surface area contributed by atoms with Crippen molar-refractivity contribution in [3.05, 3.63) is 22.4 Å². The molecule has 1 amide bonds. The Hall–Kier alpha value is -0.870. The number of hydrogen-bond acceptors (Lipinski definition) is 3. The Balaban J connectivity index is 1.61. The Bertz CT molecular complexity index is 370. The summed E-state index contributed by atoms with van der Waals surface area (Å²) in [6.45, 7) is 3.66. The predicted molar refractivity (Wildman–Crippen MR) is 64.6 cm³/mol. The van der Waals surface area contributed by atoms with Crippen molar-refractivity contribution in [2.45, 2.75) is 12.3 Å². The molecule has 2 heterocycles. The van der Waals surface area contributed by atoms with E-state index in [4.69, 9.17) is 0 Å². The maximum Gasteiger partial charge on any atom is 0.226 e. The van der Waals surface area contributed by atoms with Crippen LogP contribution in [0.25, 0.3) is 0 Å². The SMILES string of the molecule is O=C(C1CC1c1cccs1)N1CCNCC1. The van der Waals surface area contributed by atoms with Crippen LogP contribution in [-0.4, -0.2) is 37.0 Å². The van der Waals surface area contributed by atoms with Crippen molar-refractivity contribution in [2.24, 2.45) is 5.92 Å². The van der Waals surface area contributed by atoms with Crippen LogP contribution in [-0.2, 0) is 4.79 Å². The third-order valence-electron chi connectivity index (χ3n) is 3.44. The quantitative estimate of drug-likeness (QED) is 0.839. The molecule has 2 aliphatic rings. The van der Waals surface area contributed by atoms with Crippen LogP contribution in [0.4, 0.5) is 0 Å². The number of nitrogens with zero attached hydrogens (tertiary/aromatic N) is 1. The van der Waals surface area contributed by atoms with Gasteiger partial charge in [-0.1, -0.05) is 6.07 Å². The lowest BCUT2D eigenvalue weighted by atomic mass is 10.2. The van der Waals surface area contributed by atoms with Gasteiger partial charge >= 0.3 is 0 Å². The second kappa shape index (κ2) is 4.18. The summed E-state index contributed by atoms with van der Waals surface area (Å²) in [5.41, 5.74) is 0. The van der Waals surface area contributed by atoms with Crippen molar-refractivity contribution in [1.82, 2.24) is 10.2 Å². The van der Waals surface area contributed by atoms with Gasteiger partial charge in [-0.2, -0.15) is 0 Å². The minimum Gasteiger partial charge on any atom is -0.340 e. The third kappa shape index (κ3) is 1.87. The Morgan fingerprint density at radius 1 is 1.44 bits per heavy atom. The van der Waals surface area contributed by atoms with E-state index in [9.17, 15) is 4.79 Å². The zero-order chi connectivity index (χ0) is 11.0. The molecule has 86 valence electrons. The Morgan fingerprint density at radius 3 is 2.94 bits per heavy atom. The zero-order valence-electron chi connectivity index (χ0n) is 9.19. The lowest BCUT2D eigenvalue weighted by molar-refractivity contribution is -0.133. The molecule has 1 aromatic rings. The van der Waals surface area contributed by atoms with Gasteiger partial charge in [0.1, 0.15) is 0 Å². The molecule has 0 radical (unpaired) electrons. The molecule has 1 saturated carbocycles. The van der Waals surface area contributed by atoms with Crippen molar-refractivity contribution in [3.63, 3.8) is 0 Å². The minimum absolute atomic E-state index is 0.275. The topological polar surface area (TPSA) is 32.3 Å². The van der Waals surface area contributed by atoms with Crippen molar-refractivity contribution >= 4 is 17.2 Å². The van der Waals surface area contributed by atoms with E-state index in [0.717, 1.165) is 32.6 Å². The highest BCUT2D eigenvalue weighted by Gasteiger charge is 2.46. The van der Waals surface area contributed by atoms with Crippen LogP contribution in [0.3, 0.4) is 0 Å². The van der Waals surface area contributed by atoms with E-state index in [1.807, 2.05) is 4.90 Å². The second-order valence-electron chi connectivity index (χ2n) is 4.54.